The summed E-state index contributed by atoms with van der Waals surface area (Å²) in [4.78, 5) is 35.8. The SMILES string of the molecule is COC(=O)CN(CC(=O)OC)C(=O)Cc1ccccc1. The van der Waals surface area contributed by atoms with Crippen molar-refractivity contribution in [2.45, 2.75) is 6.42 Å². The third kappa shape index (κ3) is 5.09. The molecule has 0 aromatic heterocycles. The van der Waals surface area contributed by atoms with Crippen LogP contribution in [0.4, 0.5) is 0 Å². The molecule has 0 atom stereocenters. The van der Waals surface area contributed by atoms with Crippen molar-refractivity contribution in [3.05, 3.63) is 35.9 Å². The van der Waals surface area contributed by atoms with Crippen molar-refractivity contribution in [1.82, 2.24) is 4.90 Å². The fourth-order valence-electron chi connectivity index (χ4n) is 1.56. The van der Waals surface area contributed by atoms with E-state index in [2.05, 4.69) is 9.47 Å². The molecule has 1 aromatic rings. The Hall–Kier alpha value is -2.37. The predicted molar refractivity (Wildman–Crippen MR) is 70.8 cm³/mol. The highest BCUT2D eigenvalue weighted by Gasteiger charge is 2.21. The van der Waals surface area contributed by atoms with Gasteiger partial charge >= 0.3 is 11.9 Å². The molecule has 0 unspecified atom stereocenters. The highest BCUT2D eigenvalue weighted by Crippen LogP contribution is 2.03. The van der Waals surface area contributed by atoms with Crippen molar-refractivity contribution in [1.29, 1.82) is 0 Å². The van der Waals surface area contributed by atoms with Crippen LogP contribution in [0.3, 0.4) is 0 Å². The molecule has 20 heavy (non-hydrogen) atoms. The van der Waals surface area contributed by atoms with Gasteiger partial charge in [0.15, 0.2) is 0 Å². The minimum atomic E-state index is -0.588. The number of esters is 2. The van der Waals surface area contributed by atoms with Crippen molar-refractivity contribution in [2.75, 3.05) is 27.3 Å². The van der Waals surface area contributed by atoms with Gasteiger partial charge in [0.05, 0.1) is 20.6 Å². The Bertz CT molecular complexity index is 454. The number of nitrogens with zero attached hydrogens (tertiary/aromatic N) is 1. The largest absolute Gasteiger partial charge is 0.468 e. The Morgan fingerprint density at radius 1 is 0.950 bits per heavy atom. The van der Waals surface area contributed by atoms with Gasteiger partial charge in [0.25, 0.3) is 0 Å². The number of ether oxygens (including phenoxy) is 2. The van der Waals surface area contributed by atoms with Gasteiger partial charge in [0.2, 0.25) is 5.91 Å². The monoisotopic (exact) mass is 279 g/mol. The molecule has 6 heteroatoms. The van der Waals surface area contributed by atoms with Gasteiger partial charge in [-0.15, -0.1) is 0 Å². The van der Waals surface area contributed by atoms with Crippen LogP contribution in [-0.4, -0.2) is 50.1 Å². The van der Waals surface area contributed by atoms with Gasteiger partial charge in [-0.2, -0.15) is 0 Å². The van der Waals surface area contributed by atoms with Crippen molar-refractivity contribution in [3.63, 3.8) is 0 Å². The molecule has 0 radical (unpaired) electrons. The van der Waals surface area contributed by atoms with E-state index in [1.807, 2.05) is 18.2 Å². The van der Waals surface area contributed by atoms with E-state index in [9.17, 15) is 14.4 Å². The number of rotatable bonds is 6. The Labute approximate surface area is 117 Å². The summed E-state index contributed by atoms with van der Waals surface area (Å²) in [6.45, 7) is -0.561. The minimum absolute atomic E-state index is 0.106. The third-order valence-corrected chi connectivity index (χ3v) is 2.65. The molecule has 0 N–H and O–H groups in total. The Morgan fingerprint density at radius 3 is 1.90 bits per heavy atom. The van der Waals surface area contributed by atoms with E-state index in [-0.39, 0.29) is 25.4 Å². The first-order valence-electron chi connectivity index (χ1n) is 6.02. The van der Waals surface area contributed by atoms with E-state index in [1.54, 1.807) is 12.1 Å². The Morgan fingerprint density at radius 2 is 1.45 bits per heavy atom. The Kier molecular flexibility index (Phi) is 6.22. The van der Waals surface area contributed by atoms with Crippen LogP contribution in [-0.2, 0) is 30.3 Å². The summed E-state index contributed by atoms with van der Waals surface area (Å²) in [5.41, 5.74) is 0.803. The van der Waals surface area contributed by atoms with Crippen LogP contribution >= 0.6 is 0 Å². The molecular formula is C14H17NO5. The molecule has 0 saturated carbocycles. The number of hydrogen-bond acceptors (Lipinski definition) is 5. The normalized spacial score (nSPS) is 9.70. The second-order valence-corrected chi connectivity index (χ2v) is 4.06. The molecule has 0 spiro atoms. The minimum Gasteiger partial charge on any atom is -0.468 e. The van der Waals surface area contributed by atoms with Crippen LogP contribution in [0.15, 0.2) is 30.3 Å². The van der Waals surface area contributed by atoms with Crippen LogP contribution in [0.1, 0.15) is 5.56 Å². The molecule has 0 aliphatic heterocycles. The fraction of sp³-hybridized carbons (Fsp3) is 0.357. The van der Waals surface area contributed by atoms with E-state index >= 15 is 0 Å². The first kappa shape index (κ1) is 15.7. The zero-order valence-corrected chi connectivity index (χ0v) is 11.5. The summed E-state index contributed by atoms with van der Waals surface area (Å²) in [5.74, 6) is -1.52. The van der Waals surface area contributed by atoms with Crippen LogP contribution < -0.4 is 0 Å². The van der Waals surface area contributed by atoms with Gasteiger partial charge in [-0.1, -0.05) is 30.3 Å². The zero-order chi connectivity index (χ0) is 15.0. The maximum absolute atomic E-state index is 12.1. The molecule has 1 aromatic carbocycles. The van der Waals surface area contributed by atoms with Crippen molar-refractivity contribution < 1.29 is 23.9 Å². The van der Waals surface area contributed by atoms with Crippen LogP contribution in [0, 0.1) is 0 Å². The topological polar surface area (TPSA) is 72.9 Å². The molecule has 0 fully saturated rings. The number of carbonyl (C=O) groups excluding carboxylic acids is 3. The lowest BCUT2D eigenvalue weighted by molar-refractivity contribution is -0.151. The Balaban J connectivity index is 2.72. The van der Waals surface area contributed by atoms with Gasteiger partial charge in [-0.3, -0.25) is 14.4 Å². The lowest BCUT2D eigenvalue weighted by atomic mass is 10.1. The number of benzene rings is 1. The van der Waals surface area contributed by atoms with Gasteiger partial charge in [0, 0.05) is 0 Å². The summed E-state index contributed by atoms with van der Waals surface area (Å²) in [6.07, 6.45) is 0.106. The molecule has 0 aliphatic rings. The molecule has 1 rings (SSSR count). The molecular weight excluding hydrogens is 262 g/mol. The lowest BCUT2D eigenvalue weighted by Gasteiger charge is -2.20. The van der Waals surface area contributed by atoms with Gasteiger partial charge in [0.1, 0.15) is 13.1 Å². The molecule has 0 heterocycles. The molecule has 1 amide bonds. The average molecular weight is 279 g/mol. The summed E-state index contributed by atoms with van der Waals surface area (Å²) in [6, 6.07) is 9.06. The summed E-state index contributed by atoms with van der Waals surface area (Å²) in [5, 5.41) is 0. The van der Waals surface area contributed by atoms with Crippen LogP contribution in [0.5, 0.6) is 0 Å². The highest BCUT2D eigenvalue weighted by atomic mass is 16.5. The molecule has 6 nitrogen and oxygen atoms in total. The molecule has 108 valence electrons. The first-order chi connectivity index (χ1) is 9.56. The van der Waals surface area contributed by atoms with Crippen LogP contribution in [0.2, 0.25) is 0 Å². The van der Waals surface area contributed by atoms with Crippen LogP contribution in [0.25, 0.3) is 0 Å². The molecule has 0 bridgehead atoms. The maximum atomic E-state index is 12.1. The van der Waals surface area contributed by atoms with E-state index < -0.39 is 11.9 Å². The number of amides is 1. The van der Waals surface area contributed by atoms with Crippen molar-refractivity contribution in [3.8, 4) is 0 Å². The predicted octanol–water partition coefficient (Wildman–Crippen LogP) is 0.404. The summed E-state index contributed by atoms with van der Waals surface area (Å²) in [7, 11) is 2.45. The zero-order valence-electron chi connectivity index (χ0n) is 11.5. The number of methoxy groups -OCH3 is 2. The highest BCUT2D eigenvalue weighted by molar-refractivity contribution is 5.87. The second-order valence-electron chi connectivity index (χ2n) is 4.06. The maximum Gasteiger partial charge on any atom is 0.325 e. The number of carbonyl (C=O) groups is 3. The van der Waals surface area contributed by atoms with E-state index in [1.165, 1.54) is 14.2 Å². The first-order valence-corrected chi connectivity index (χ1v) is 6.02. The quantitative estimate of drug-likeness (QED) is 0.705. The molecule has 0 saturated heterocycles. The van der Waals surface area contributed by atoms with E-state index in [0.29, 0.717) is 0 Å². The van der Waals surface area contributed by atoms with Crippen molar-refractivity contribution >= 4 is 17.8 Å². The lowest BCUT2D eigenvalue weighted by Crippen LogP contribution is -2.41. The van der Waals surface area contributed by atoms with Gasteiger partial charge in [-0.05, 0) is 5.56 Å². The smallest absolute Gasteiger partial charge is 0.325 e. The van der Waals surface area contributed by atoms with E-state index in [4.69, 9.17) is 0 Å². The average Bonchev–Trinajstić information content (AvgIpc) is 2.47. The van der Waals surface area contributed by atoms with Gasteiger partial charge < -0.3 is 14.4 Å². The second kappa shape index (κ2) is 7.93. The standard InChI is InChI=1S/C14H17NO5/c1-19-13(17)9-15(10-14(18)20-2)12(16)8-11-6-4-3-5-7-11/h3-7H,8-10H2,1-2H3. The molecule has 0 aliphatic carbocycles. The van der Waals surface area contributed by atoms with E-state index in [0.717, 1.165) is 10.5 Å². The third-order valence-electron chi connectivity index (χ3n) is 2.65. The fourth-order valence-corrected chi connectivity index (χ4v) is 1.56. The summed E-state index contributed by atoms with van der Waals surface area (Å²) < 4.78 is 9.02. The summed E-state index contributed by atoms with van der Waals surface area (Å²) >= 11 is 0. The van der Waals surface area contributed by atoms with Gasteiger partial charge in [-0.25, -0.2) is 0 Å². The number of hydrogen-bond donors (Lipinski definition) is 0. The van der Waals surface area contributed by atoms with Crippen molar-refractivity contribution in [2.24, 2.45) is 0 Å².